The van der Waals surface area contributed by atoms with Crippen molar-refractivity contribution in [2.75, 3.05) is 13.1 Å². The second-order valence-electron chi connectivity index (χ2n) is 6.00. The summed E-state index contributed by atoms with van der Waals surface area (Å²) in [7, 11) is 0. The van der Waals surface area contributed by atoms with E-state index in [4.69, 9.17) is 0 Å². The van der Waals surface area contributed by atoms with Crippen molar-refractivity contribution in [1.29, 1.82) is 0 Å². The summed E-state index contributed by atoms with van der Waals surface area (Å²) in [5, 5.41) is 0. The summed E-state index contributed by atoms with van der Waals surface area (Å²) >= 11 is 0. The highest BCUT2D eigenvalue weighted by Gasteiger charge is 2.33. The number of carbonyl (C=O) groups excluding carboxylic acids is 1. The van der Waals surface area contributed by atoms with E-state index in [1.165, 1.54) is 5.56 Å². The second-order valence-corrected chi connectivity index (χ2v) is 6.00. The van der Waals surface area contributed by atoms with E-state index in [0.29, 0.717) is 0 Å². The first-order valence-corrected chi connectivity index (χ1v) is 7.96. The van der Waals surface area contributed by atoms with Gasteiger partial charge in [0.25, 0.3) is 0 Å². The number of Topliss-reactive ketones (excluding diaryl/α,β-unsaturated/α-hetero) is 1. The predicted octanol–water partition coefficient (Wildman–Crippen LogP) is 4.66. The first kappa shape index (κ1) is 16.4. The van der Waals surface area contributed by atoms with Crippen LogP contribution in [0.4, 0.5) is 0 Å². The van der Waals surface area contributed by atoms with E-state index >= 15 is 0 Å². The molecule has 0 radical (unpaired) electrons. The molecular formula is C20H25NO. The zero-order chi connectivity index (χ0) is 16.2. The lowest BCUT2D eigenvalue weighted by atomic mass is 9.90. The van der Waals surface area contributed by atoms with Gasteiger partial charge in [-0.2, -0.15) is 0 Å². The lowest BCUT2D eigenvalue weighted by Gasteiger charge is -2.35. The molecule has 0 unspecified atom stereocenters. The monoisotopic (exact) mass is 295 g/mol. The molecule has 0 aliphatic carbocycles. The Morgan fingerprint density at radius 2 is 1.36 bits per heavy atom. The van der Waals surface area contributed by atoms with Crippen LogP contribution in [0.1, 0.15) is 38.1 Å². The number of hydrogen-bond donors (Lipinski definition) is 0. The molecular weight excluding hydrogens is 270 g/mol. The Morgan fingerprint density at radius 1 is 0.864 bits per heavy atom. The second kappa shape index (κ2) is 6.89. The third kappa shape index (κ3) is 3.28. The number of hydrogen-bond acceptors (Lipinski definition) is 2. The van der Waals surface area contributed by atoms with Gasteiger partial charge in [0.05, 0.1) is 5.54 Å². The van der Waals surface area contributed by atoms with Crippen LogP contribution in [0.2, 0.25) is 0 Å². The number of ketones is 1. The predicted molar refractivity (Wildman–Crippen MR) is 93.2 cm³/mol. The molecule has 0 saturated heterocycles. The van der Waals surface area contributed by atoms with Crippen LogP contribution in [0.5, 0.6) is 0 Å². The molecule has 2 rings (SSSR count). The van der Waals surface area contributed by atoms with Crippen molar-refractivity contribution in [3.8, 4) is 11.1 Å². The van der Waals surface area contributed by atoms with Gasteiger partial charge < -0.3 is 0 Å². The number of likely N-dealkylation sites (N-methyl/N-ethyl adjacent to an activating group) is 1. The van der Waals surface area contributed by atoms with Gasteiger partial charge in [0.15, 0.2) is 5.78 Å². The lowest BCUT2D eigenvalue weighted by molar-refractivity contribution is 0.0669. The number of benzene rings is 2. The summed E-state index contributed by atoms with van der Waals surface area (Å²) in [6.45, 7) is 9.95. The van der Waals surface area contributed by atoms with E-state index < -0.39 is 5.54 Å². The zero-order valence-electron chi connectivity index (χ0n) is 14.0. The summed E-state index contributed by atoms with van der Waals surface area (Å²) < 4.78 is 0. The van der Waals surface area contributed by atoms with Crippen molar-refractivity contribution in [3.05, 3.63) is 60.2 Å². The summed E-state index contributed by atoms with van der Waals surface area (Å²) in [6.07, 6.45) is 0. The van der Waals surface area contributed by atoms with Crippen LogP contribution in [-0.4, -0.2) is 29.3 Å². The molecule has 2 aromatic rings. The first-order chi connectivity index (χ1) is 10.5. The van der Waals surface area contributed by atoms with E-state index in [1.807, 2.05) is 56.3 Å². The average molecular weight is 295 g/mol. The van der Waals surface area contributed by atoms with Gasteiger partial charge in [0, 0.05) is 5.56 Å². The maximum Gasteiger partial charge on any atom is 0.182 e. The molecule has 0 heterocycles. The fraction of sp³-hybridized carbons (Fsp3) is 0.350. The molecule has 22 heavy (non-hydrogen) atoms. The van der Waals surface area contributed by atoms with Crippen LogP contribution in [-0.2, 0) is 0 Å². The van der Waals surface area contributed by atoms with Gasteiger partial charge in [-0.1, -0.05) is 68.4 Å². The fourth-order valence-corrected chi connectivity index (χ4v) is 2.96. The van der Waals surface area contributed by atoms with Crippen molar-refractivity contribution >= 4 is 5.78 Å². The highest BCUT2D eigenvalue weighted by molar-refractivity contribution is 6.03. The maximum absolute atomic E-state index is 12.8. The van der Waals surface area contributed by atoms with E-state index in [0.717, 1.165) is 24.2 Å². The van der Waals surface area contributed by atoms with Crippen molar-refractivity contribution in [1.82, 2.24) is 4.90 Å². The molecule has 2 aromatic carbocycles. The van der Waals surface area contributed by atoms with Crippen molar-refractivity contribution in [2.45, 2.75) is 33.2 Å². The first-order valence-electron chi connectivity index (χ1n) is 7.96. The minimum absolute atomic E-state index is 0.177. The normalized spacial score (nSPS) is 11.7. The molecule has 0 aliphatic rings. The van der Waals surface area contributed by atoms with Crippen LogP contribution in [0, 0.1) is 0 Å². The highest BCUT2D eigenvalue weighted by atomic mass is 16.1. The van der Waals surface area contributed by atoms with Crippen molar-refractivity contribution in [2.24, 2.45) is 0 Å². The van der Waals surface area contributed by atoms with Crippen LogP contribution in [0.25, 0.3) is 11.1 Å². The quantitative estimate of drug-likeness (QED) is 0.723. The molecule has 0 spiro atoms. The molecule has 0 N–H and O–H groups in total. The Morgan fingerprint density at radius 3 is 1.86 bits per heavy atom. The van der Waals surface area contributed by atoms with Gasteiger partial charge in [-0.25, -0.2) is 0 Å². The Kier molecular flexibility index (Phi) is 5.15. The SMILES string of the molecule is CCN(CC)C(C)(C)C(=O)c1ccc(-c2ccccc2)cc1. The molecule has 0 aromatic heterocycles. The van der Waals surface area contributed by atoms with E-state index in [9.17, 15) is 4.79 Å². The zero-order valence-corrected chi connectivity index (χ0v) is 14.0. The van der Waals surface area contributed by atoms with Gasteiger partial charge in [0.1, 0.15) is 0 Å². The van der Waals surface area contributed by atoms with Crippen molar-refractivity contribution in [3.63, 3.8) is 0 Å². The minimum atomic E-state index is -0.474. The minimum Gasteiger partial charge on any atom is -0.292 e. The molecule has 0 bridgehead atoms. The van der Waals surface area contributed by atoms with E-state index in [-0.39, 0.29) is 5.78 Å². The largest absolute Gasteiger partial charge is 0.292 e. The summed E-state index contributed by atoms with van der Waals surface area (Å²) in [4.78, 5) is 15.0. The fourth-order valence-electron chi connectivity index (χ4n) is 2.96. The van der Waals surface area contributed by atoms with Gasteiger partial charge in [-0.3, -0.25) is 9.69 Å². The Balaban J connectivity index is 2.25. The molecule has 0 saturated carbocycles. The van der Waals surface area contributed by atoms with Gasteiger partial charge in [-0.15, -0.1) is 0 Å². The molecule has 0 fully saturated rings. The third-order valence-corrected chi connectivity index (χ3v) is 4.36. The lowest BCUT2D eigenvalue weighted by Crippen LogP contribution is -2.49. The van der Waals surface area contributed by atoms with Crippen LogP contribution in [0.15, 0.2) is 54.6 Å². The maximum atomic E-state index is 12.8. The topological polar surface area (TPSA) is 20.3 Å². The molecule has 0 aliphatic heterocycles. The van der Waals surface area contributed by atoms with Crippen LogP contribution in [0.3, 0.4) is 0 Å². The van der Waals surface area contributed by atoms with Gasteiger partial charge >= 0.3 is 0 Å². The van der Waals surface area contributed by atoms with Crippen LogP contribution < -0.4 is 0 Å². The molecule has 2 heteroatoms. The van der Waals surface area contributed by atoms with E-state index in [2.05, 4.69) is 30.9 Å². The highest BCUT2D eigenvalue weighted by Crippen LogP contribution is 2.23. The van der Waals surface area contributed by atoms with E-state index in [1.54, 1.807) is 0 Å². The number of rotatable bonds is 6. The van der Waals surface area contributed by atoms with Gasteiger partial charge in [-0.05, 0) is 38.1 Å². The van der Waals surface area contributed by atoms with Crippen molar-refractivity contribution < 1.29 is 4.79 Å². The summed E-state index contributed by atoms with van der Waals surface area (Å²) in [5.41, 5.74) is 2.61. The Bertz CT molecular complexity index is 610. The number of carbonyl (C=O) groups is 1. The Labute approximate surface area is 133 Å². The Hall–Kier alpha value is -1.93. The molecule has 0 atom stereocenters. The van der Waals surface area contributed by atoms with Gasteiger partial charge in [0.2, 0.25) is 0 Å². The molecule has 2 nitrogen and oxygen atoms in total. The standard InChI is InChI=1S/C20H25NO/c1-5-21(6-2)20(3,4)19(22)18-14-12-17(13-15-18)16-10-8-7-9-11-16/h7-15H,5-6H2,1-4H3. The van der Waals surface area contributed by atoms with Crippen LogP contribution >= 0.6 is 0 Å². The molecule has 116 valence electrons. The third-order valence-electron chi connectivity index (χ3n) is 4.36. The summed E-state index contributed by atoms with van der Waals surface area (Å²) in [5.74, 6) is 0.177. The smallest absolute Gasteiger partial charge is 0.182 e. The number of nitrogens with zero attached hydrogens (tertiary/aromatic N) is 1. The average Bonchev–Trinajstić information content (AvgIpc) is 2.56. The summed E-state index contributed by atoms with van der Waals surface area (Å²) in [6, 6.07) is 18.2. The molecule has 0 amide bonds.